The molecule has 7 aromatic carbocycles. The van der Waals surface area contributed by atoms with E-state index >= 15 is 0 Å². The van der Waals surface area contributed by atoms with Crippen LogP contribution >= 0.6 is 0 Å². The normalized spacial score (nSPS) is 12.9. The average Bonchev–Trinajstić information content (AvgIpc) is 3.25. The minimum Gasteiger partial charge on any atom is -0.310 e. The molecule has 47 heavy (non-hydrogen) atoms. The van der Waals surface area contributed by atoms with E-state index in [1.54, 1.807) is 0 Å². The highest BCUT2D eigenvalue weighted by Crippen LogP contribution is 2.57. The van der Waals surface area contributed by atoms with Gasteiger partial charge in [0.2, 0.25) is 0 Å². The second-order valence-corrected chi connectivity index (χ2v) is 12.8. The SMILES string of the molecule is C1=Cc2cc(-c3ccccc3N(c3ccccc3)c3ccc4c(c3)-c3cccc5c3-c3ccccc3-c3cccc-5c3-4)ccc2CC1. The van der Waals surface area contributed by atoms with Crippen LogP contribution < -0.4 is 4.90 Å². The molecule has 3 aliphatic carbocycles. The molecule has 0 radical (unpaired) electrons. The number of rotatable bonds is 4. The Morgan fingerprint density at radius 2 is 1.02 bits per heavy atom. The number of para-hydroxylation sites is 2. The first kappa shape index (κ1) is 26.3. The van der Waals surface area contributed by atoms with Crippen LogP contribution in [0.2, 0.25) is 0 Å². The summed E-state index contributed by atoms with van der Waals surface area (Å²) in [4.78, 5) is 2.44. The summed E-state index contributed by atoms with van der Waals surface area (Å²) in [5.74, 6) is 0. The molecule has 0 heterocycles. The molecular weight excluding hydrogens is 567 g/mol. The van der Waals surface area contributed by atoms with E-state index in [0.717, 1.165) is 24.2 Å². The molecule has 0 unspecified atom stereocenters. The topological polar surface area (TPSA) is 3.24 Å². The quantitative estimate of drug-likeness (QED) is 0.195. The third-order valence-electron chi connectivity index (χ3n) is 10.2. The fourth-order valence-electron chi connectivity index (χ4n) is 8.14. The number of anilines is 3. The molecule has 0 saturated heterocycles. The first-order chi connectivity index (χ1) is 23.3. The van der Waals surface area contributed by atoms with Crippen LogP contribution in [0.25, 0.3) is 72.8 Å². The summed E-state index contributed by atoms with van der Waals surface area (Å²) in [5.41, 5.74) is 21.7. The summed E-state index contributed by atoms with van der Waals surface area (Å²) in [6, 6.07) is 56.4. The Bertz CT molecular complexity index is 2380. The number of nitrogens with zero attached hydrogens (tertiary/aromatic N) is 1. The molecule has 1 heteroatoms. The number of aryl methyl sites for hydroxylation is 1. The van der Waals surface area contributed by atoms with Gasteiger partial charge in [-0.05, 0) is 122 Å². The molecule has 0 saturated carbocycles. The summed E-state index contributed by atoms with van der Waals surface area (Å²) < 4.78 is 0. The molecule has 0 aromatic heterocycles. The van der Waals surface area contributed by atoms with Crippen LogP contribution in [0.5, 0.6) is 0 Å². The monoisotopic (exact) mass is 597 g/mol. The Hall–Kier alpha value is -5.92. The maximum absolute atomic E-state index is 2.44. The van der Waals surface area contributed by atoms with Crippen LogP contribution in [0.15, 0.2) is 158 Å². The van der Waals surface area contributed by atoms with Crippen molar-refractivity contribution in [1.29, 1.82) is 0 Å². The molecule has 0 amide bonds. The van der Waals surface area contributed by atoms with Crippen LogP contribution in [0.4, 0.5) is 17.1 Å². The zero-order chi connectivity index (χ0) is 30.9. The zero-order valence-corrected chi connectivity index (χ0v) is 25.9. The van der Waals surface area contributed by atoms with Gasteiger partial charge in [-0.25, -0.2) is 0 Å². The highest BCUT2D eigenvalue weighted by Gasteiger charge is 2.31. The second kappa shape index (κ2) is 10.3. The molecule has 220 valence electrons. The Morgan fingerprint density at radius 3 is 1.81 bits per heavy atom. The van der Waals surface area contributed by atoms with Crippen molar-refractivity contribution in [3.63, 3.8) is 0 Å². The van der Waals surface area contributed by atoms with Gasteiger partial charge in [0.15, 0.2) is 0 Å². The molecule has 6 bridgehead atoms. The Kier molecular flexibility index (Phi) is 5.77. The number of fused-ring (bicyclic) bond motifs is 5. The lowest BCUT2D eigenvalue weighted by molar-refractivity contribution is 0.986. The predicted molar refractivity (Wildman–Crippen MR) is 198 cm³/mol. The molecule has 0 N–H and O–H groups in total. The van der Waals surface area contributed by atoms with E-state index in [1.807, 2.05) is 0 Å². The van der Waals surface area contributed by atoms with E-state index in [1.165, 1.54) is 83.6 Å². The van der Waals surface area contributed by atoms with Gasteiger partial charge in [0, 0.05) is 16.9 Å². The van der Waals surface area contributed by atoms with Crippen molar-refractivity contribution in [2.75, 3.05) is 4.90 Å². The standard InChI is InChI=1S/C46H31N/c1-2-14-33(15-3-1)47(44-23-9-8-16-35(44)32-25-24-30-12-4-5-13-31(30)28-32)34-26-27-42-43(29-34)41-22-11-21-39-40-20-10-19-38(46(40)42)36-17-6-7-18-37(36)45(39)41/h1-3,5-11,13-29H,4,12H2. The van der Waals surface area contributed by atoms with Crippen LogP contribution in [0, 0.1) is 0 Å². The number of allylic oxidation sites excluding steroid dienone is 1. The lowest BCUT2D eigenvalue weighted by Crippen LogP contribution is -2.11. The highest BCUT2D eigenvalue weighted by atomic mass is 15.1. The van der Waals surface area contributed by atoms with E-state index in [4.69, 9.17) is 0 Å². The lowest BCUT2D eigenvalue weighted by Gasteiger charge is -2.29. The van der Waals surface area contributed by atoms with Crippen molar-refractivity contribution in [3.8, 4) is 66.8 Å². The Balaban J connectivity index is 1.23. The van der Waals surface area contributed by atoms with Gasteiger partial charge in [-0.15, -0.1) is 0 Å². The Labute approximate surface area is 275 Å². The highest BCUT2D eigenvalue weighted by molar-refractivity contribution is 6.15. The Morgan fingerprint density at radius 1 is 0.404 bits per heavy atom. The lowest BCUT2D eigenvalue weighted by atomic mass is 9.83. The van der Waals surface area contributed by atoms with Crippen LogP contribution in [0.1, 0.15) is 17.5 Å². The van der Waals surface area contributed by atoms with Gasteiger partial charge in [-0.1, -0.05) is 127 Å². The maximum atomic E-state index is 2.44. The van der Waals surface area contributed by atoms with Crippen molar-refractivity contribution in [1.82, 2.24) is 0 Å². The fraction of sp³-hybridized carbons (Fsp3) is 0.0435. The van der Waals surface area contributed by atoms with Crippen molar-refractivity contribution >= 4 is 23.1 Å². The van der Waals surface area contributed by atoms with Gasteiger partial charge in [0.05, 0.1) is 5.69 Å². The molecule has 0 atom stereocenters. The van der Waals surface area contributed by atoms with Gasteiger partial charge >= 0.3 is 0 Å². The fourth-order valence-corrected chi connectivity index (χ4v) is 8.14. The van der Waals surface area contributed by atoms with E-state index < -0.39 is 0 Å². The molecule has 0 fully saturated rings. The molecular formula is C46H31N. The first-order valence-corrected chi connectivity index (χ1v) is 16.6. The largest absolute Gasteiger partial charge is 0.310 e. The van der Waals surface area contributed by atoms with Gasteiger partial charge < -0.3 is 4.90 Å². The van der Waals surface area contributed by atoms with Crippen LogP contribution in [-0.4, -0.2) is 0 Å². The van der Waals surface area contributed by atoms with E-state index in [2.05, 4.69) is 169 Å². The molecule has 10 rings (SSSR count). The van der Waals surface area contributed by atoms with Crippen molar-refractivity contribution in [3.05, 3.63) is 169 Å². The van der Waals surface area contributed by atoms with Crippen LogP contribution in [0.3, 0.4) is 0 Å². The minimum atomic E-state index is 1.11. The maximum Gasteiger partial charge on any atom is 0.0540 e. The van der Waals surface area contributed by atoms with Gasteiger partial charge in [-0.2, -0.15) is 0 Å². The summed E-state index contributed by atoms with van der Waals surface area (Å²) >= 11 is 0. The summed E-state index contributed by atoms with van der Waals surface area (Å²) in [6.45, 7) is 0. The number of hydrogen-bond donors (Lipinski definition) is 0. The predicted octanol–water partition coefficient (Wildman–Crippen LogP) is 12.7. The van der Waals surface area contributed by atoms with E-state index in [9.17, 15) is 0 Å². The molecule has 3 aliphatic rings. The summed E-state index contributed by atoms with van der Waals surface area (Å²) in [6.07, 6.45) is 6.80. The third-order valence-corrected chi connectivity index (χ3v) is 10.2. The van der Waals surface area contributed by atoms with Gasteiger partial charge in [0.25, 0.3) is 0 Å². The molecule has 0 spiro atoms. The van der Waals surface area contributed by atoms with Crippen LogP contribution in [-0.2, 0) is 6.42 Å². The minimum absolute atomic E-state index is 1.11. The molecule has 7 aromatic rings. The third kappa shape index (κ3) is 3.96. The first-order valence-electron chi connectivity index (χ1n) is 16.6. The molecule has 0 aliphatic heterocycles. The van der Waals surface area contributed by atoms with E-state index in [0.29, 0.717) is 0 Å². The zero-order valence-electron chi connectivity index (χ0n) is 25.9. The van der Waals surface area contributed by atoms with Gasteiger partial charge in [-0.3, -0.25) is 0 Å². The van der Waals surface area contributed by atoms with E-state index in [-0.39, 0.29) is 0 Å². The smallest absolute Gasteiger partial charge is 0.0540 e. The number of hydrogen-bond acceptors (Lipinski definition) is 1. The second-order valence-electron chi connectivity index (χ2n) is 12.8. The van der Waals surface area contributed by atoms with Crippen molar-refractivity contribution in [2.45, 2.75) is 12.8 Å². The van der Waals surface area contributed by atoms with Crippen molar-refractivity contribution < 1.29 is 0 Å². The summed E-state index contributed by atoms with van der Waals surface area (Å²) in [5, 5.41) is 0. The van der Waals surface area contributed by atoms with Crippen molar-refractivity contribution in [2.24, 2.45) is 0 Å². The van der Waals surface area contributed by atoms with Gasteiger partial charge in [0.1, 0.15) is 0 Å². The average molecular weight is 598 g/mol. The number of benzene rings is 7. The summed E-state index contributed by atoms with van der Waals surface area (Å²) in [7, 11) is 0. The molecule has 1 nitrogen and oxygen atoms in total.